The fourth-order valence-electron chi connectivity index (χ4n) is 1.66. The largest absolute Gasteiger partial charge is 0.444 e. The molecule has 6 nitrogen and oxygen atoms in total. The van der Waals surface area contributed by atoms with Crippen molar-refractivity contribution in [1.29, 1.82) is 0 Å². The van der Waals surface area contributed by atoms with E-state index in [-0.39, 0.29) is 22.4 Å². The molecule has 0 aliphatic rings. The molecule has 0 saturated heterocycles. The van der Waals surface area contributed by atoms with Crippen LogP contribution in [0.2, 0.25) is 5.02 Å². The maximum Gasteiger partial charge on any atom is 0.293 e. The number of aryl methyl sites for hydroxylation is 1. The molecule has 7 heteroatoms. The third-order valence-corrected chi connectivity index (χ3v) is 2.87. The van der Waals surface area contributed by atoms with E-state index in [1.165, 1.54) is 12.1 Å². The van der Waals surface area contributed by atoms with Crippen molar-refractivity contribution in [3.8, 4) is 0 Å². The maximum absolute atomic E-state index is 11.0. The van der Waals surface area contributed by atoms with Gasteiger partial charge in [-0.3, -0.25) is 10.1 Å². The Hall–Kier alpha value is -2.08. The molecule has 0 radical (unpaired) electrons. The van der Waals surface area contributed by atoms with E-state index in [0.29, 0.717) is 11.7 Å². The summed E-state index contributed by atoms with van der Waals surface area (Å²) in [5.74, 6) is 1.13. The number of aromatic nitrogens is 1. The van der Waals surface area contributed by atoms with Crippen LogP contribution in [-0.4, -0.2) is 9.91 Å². The van der Waals surface area contributed by atoms with Crippen molar-refractivity contribution < 1.29 is 9.34 Å². The van der Waals surface area contributed by atoms with Gasteiger partial charge in [-0.1, -0.05) is 17.7 Å². The van der Waals surface area contributed by atoms with E-state index >= 15 is 0 Å². The topological polar surface area (TPSA) is 81.2 Å². The van der Waals surface area contributed by atoms with Gasteiger partial charge in [0, 0.05) is 6.07 Å². The van der Waals surface area contributed by atoms with Crippen molar-refractivity contribution >= 4 is 23.0 Å². The third kappa shape index (κ3) is 2.85. The number of nitrogens with one attached hydrogen (secondary N) is 1. The van der Waals surface area contributed by atoms with E-state index in [1.807, 2.05) is 0 Å². The lowest BCUT2D eigenvalue weighted by atomic mass is 10.2. The first kappa shape index (κ1) is 13.4. The molecule has 100 valence electrons. The van der Waals surface area contributed by atoms with E-state index < -0.39 is 4.92 Å². The minimum Gasteiger partial charge on any atom is -0.444 e. The molecule has 0 aliphatic heterocycles. The number of rotatable bonds is 4. The lowest BCUT2D eigenvalue weighted by molar-refractivity contribution is -0.384. The summed E-state index contributed by atoms with van der Waals surface area (Å²) in [6.45, 7) is 3.57. The molecule has 0 aliphatic carbocycles. The van der Waals surface area contributed by atoms with Crippen molar-refractivity contribution in [2.75, 3.05) is 5.32 Å². The van der Waals surface area contributed by atoms with E-state index in [4.69, 9.17) is 16.0 Å². The molecule has 1 N–H and O–H groups in total. The second-order valence-corrected chi connectivity index (χ2v) is 4.47. The minimum absolute atomic E-state index is 0.0809. The smallest absolute Gasteiger partial charge is 0.293 e. The highest BCUT2D eigenvalue weighted by Gasteiger charge is 2.20. The fourth-order valence-corrected chi connectivity index (χ4v) is 1.88. The van der Waals surface area contributed by atoms with E-state index in [9.17, 15) is 10.1 Å². The van der Waals surface area contributed by atoms with Crippen LogP contribution in [0.1, 0.15) is 24.6 Å². The number of hydrogen-bond acceptors (Lipinski definition) is 5. The number of para-hydroxylation sites is 1. The van der Waals surface area contributed by atoms with Gasteiger partial charge >= 0.3 is 0 Å². The first-order valence-corrected chi connectivity index (χ1v) is 5.98. The summed E-state index contributed by atoms with van der Waals surface area (Å²) >= 11 is 5.99. The minimum atomic E-state index is -0.484. The highest BCUT2D eigenvalue weighted by Crippen LogP contribution is 2.34. The predicted molar refractivity (Wildman–Crippen MR) is 71.4 cm³/mol. The Morgan fingerprint density at radius 1 is 1.53 bits per heavy atom. The molecule has 1 aromatic carbocycles. The molecule has 1 aromatic heterocycles. The van der Waals surface area contributed by atoms with Crippen molar-refractivity contribution in [2.45, 2.75) is 19.9 Å². The summed E-state index contributed by atoms with van der Waals surface area (Å²) in [6, 6.07) is 4.19. The summed E-state index contributed by atoms with van der Waals surface area (Å²) in [7, 11) is 0. The Morgan fingerprint density at radius 2 is 2.26 bits per heavy atom. The Kier molecular flexibility index (Phi) is 3.71. The number of hydrogen-bond donors (Lipinski definition) is 1. The van der Waals surface area contributed by atoms with Crippen LogP contribution in [0.3, 0.4) is 0 Å². The Morgan fingerprint density at radius 3 is 2.84 bits per heavy atom. The monoisotopic (exact) mass is 281 g/mol. The average molecular weight is 282 g/mol. The number of benzene rings is 1. The van der Waals surface area contributed by atoms with Gasteiger partial charge in [0.2, 0.25) is 5.89 Å². The normalized spacial score (nSPS) is 12.2. The molecule has 0 fully saturated rings. The Labute approximate surface area is 114 Å². The molecule has 19 heavy (non-hydrogen) atoms. The SMILES string of the molecule is Cc1cnc(C(C)Nc2c(Cl)cccc2[N+](=O)[O-])o1. The molecule has 0 saturated carbocycles. The van der Waals surface area contributed by atoms with Gasteiger partial charge < -0.3 is 9.73 Å². The summed E-state index contributed by atoms with van der Waals surface area (Å²) in [5, 5.41) is 14.2. The summed E-state index contributed by atoms with van der Waals surface area (Å²) < 4.78 is 5.37. The first-order valence-electron chi connectivity index (χ1n) is 5.61. The van der Waals surface area contributed by atoms with E-state index in [0.717, 1.165) is 0 Å². The second-order valence-electron chi connectivity index (χ2n) is 4.07. The van der Waals surface area contributed by atoms with Crippen LogP contribution < -0.4 is 5.32 Å². The number of nitrogens with zero attached hydrogens (tertiary/aromatic N) is 2. The number of halogens is 1. The summed E-state index contributed by atoms with van der Waals surface area (Å²) in [4.78, 5) is 14.6. The van der Waals surface area contributed by atoms with Crippen LogP contribution >= 0.6 is 11.6 Å². The van der Waals surface area contributed by atoms with Gasteiger partial charge in [0.05, 0.1) is 16.1 Å². The van der Waals surface area contributed by atoms with Crippen molar-refractivity contribution in [3.63, 3.8) is 0 Å². The van der Waals surface area contributed by atoms with Crippen molar-refractivity contribution in [2.24, 2.45) is 0 Å². The second kappa shape index (κ2) is 5.27. The molecule has 1 heterocycles. The molecule has 1 atom stereocenters. The van der Waals surface area contributed by atoms with Gasteiger partial charge in [0.1, 0.15) is 17.5 Å². The molecule has 0 amide bonds. The van der Waals surface area contributed by atoms with Crippen LogP contribution in [-0.2, 0) is 0 Å². The Bertz CT molecular complexity index is 612. The molecule has 0 bridgehead atoms. The summed E-state index contributed by atoms with van der Waals surface area (Å²) in [6.07, 6.45) is 1.59. The zero-order valence-corrected chi connectivity index (χ0v) is 11.1. The van der Waals surface area contributed by atoms with Gasteiger partial charge in [-0.05, 0) is 19.9 Å². The van der Waals surface area contributed by atoms with Crippen LogP contribution in [0.15, 0.2) is 28.8 Å². The van der Waals surface area contributed by atoms with Crippen molar-refractivity contribution in [3.05, 3.63) is 51.2 Å². The van der Waals surface area contributed by atoms with Gasteiger partial charge in [-0.2, -0.15) is 0 Å². The van der Waals surface area contributed by atoms with E-state index in [2.05, 4.69) is 10.3 Å². The quantitative estimate of drug-likeness (QED) is 0.682. The number of oxazole rings is 1. The first-order chi connectivity index (χ1) is 8.99. The van der Waals surface area contributed by atoms with Crippen LogP contribution in [0.25, 0.3) is 0 Å². The van der Waals surface area contributed by atoms with Crippen molar-refractivity contribution in [1.82, 2.24) is 4.98 Å². The maximum atomic E-state index is 11.0. The summed E-state index contributed by atoms with van der Waals surface area (Å²) in [5.41, 5.74) is 0.181. The molecule has 2 aromatic rings. The predicted octanol–water partition coefficient (Wildman–Crippen LogP) is 3.72. The highest BCUT2D eigenvalue weighted by atomic mass is 35.5. The molecular weight excluding hydrogens is 270 g/mol. The Balaban J connectivity index is 2.30. The third-order valence-electron chi connectivity index (χ3n) is 2.56. The molecule has 2 rings (SSSR count). The van der Waals surface area contributed by atoms with Crippen LogP contribution in [0.5, 0.6) is 0 Å². The van der Waals surface area contributed by atoms with Gasteiger partial charge in [-0.15, -0.1) is 0 Å². The number of anilines is 1. The van der Waals surface area contributed by atoms with Crippen LogP contribution in [0.4, 0.5) is 11.4 Å². The lowest BCUT2D eigenvalue weighted by Crippen LogP contribution is -2.09. The van der Waals surface area contributed by atoms with Crippen LogP contribution in [0, 0.1) is 17.0 Å². The number of nitro benzene ring substituents is 1. The van der Waals surface area contributed by atoms with Gasteiger partial charge in [0.25, 0.3) is 5.69 Å². The molecule has 1 unspecified atom stereocenters. The van der Waals surface area contributed by atoms with E-state index in [1.54, 1.807) is 26.1 Å². The number of nitro groups is 1. The standard InChI is InChI=1S/C12H12ClN3O3/c1-7-6-14-12(19-7)8(2)15-11-9(13)4-3-5-10(11)16(17)18/h3-6,8,15H,1-2H3. The zero-order valence-electron chi connectivity index (χ0n) is 10.4. The van der Waals surface area contributed by atoms with Gasteiger partial charge in [0.15, 0.2) is 0 Å². The molecule has 0 spiro atoms. The fraction of sp³-hybridized carbons (Fsp3) is 0.250. The lowest BCUT2D eigenvalue weighted by Gasteiger charge is -2.13. The highest BCUT2D eigenvalue weighted by molar-refractivity contribution is 6.33. The molecular formula is C12H12ClN3O3. The van der Waals surface area contributed by atoms with Gasteiger partial charge in [-0.25, -0.2) is 4.98 Å². The average Bonchev–Trinajstić information content (AvgIpc) is 2.78. The zero-order chi connectivity index (χ0) is 14.0.